The maximum atomic E-state index is 14.2. The van der Waals surface area contributed by atoms with Crippen LogP contribution in [0, 0.1) is 17.8 Å². The Kier molecular flexibility index (Phi) is 8.11. The summed E-state index contributed by atoms with van der Waals surface area (Å²) in [6, 6.07) is 8.05. The van der Waals surface area contributed by atoms with Crippen LogP contribution in [0.2, 0.25) is 0 Å². The van der Waals surface area contributed by atoms with E-state index in [0.717, 1.165) is 37.7 Å². The number of fused-ring (bicyclic) bond motifs is 1. The Morgan fingerprint density at radius 2 is 1.83 bits per heavy atom. The molecule has 3 unspecified atom stereocenters. The molecule has 8 heteroatoms. The second-order valence-electron chi connectivity index (χ2n) is 10.2. The van der Waals surface area contributed by atoms with Gasteiger partial charge in [0.2, 0.25) is 17.7 Å². The molecule has 3 amide bonds. The number of unbranched alkanes of at least 4 members (excludes halogenated alkanes) is 2. The smallest absolute Gasteiger partial charge is 0.244 e. The minimum absolute atomic E-state index is 0.0256. The highest BCUT2D eigenvalue weighted by Gasteiger charge is 2.76. The molecule has 1 aromatic rings. The van der Waals surface area contributed by atoms with Crippen LogP contribution >= 0.6 is 11.8 Å². The molecule has 1 spiro atoms. The molecule has 192 valence electrons. The summed E-state index contributed by atoms with van der Waals surface area (Å²) in [6.45, 7) is 7.09. The number of thioether (sulfide) groups is 1. The van der Waals surface area contributed by atoms with Crippen LogP contribution in [0.25, 0.3) is 0 Å². The number of hydrogen-bond donors (Lipinski definition) is 3. The molecule has 1 aromatic carbocycles. The van der Waals surface area contributed by atoms with Gasteiger partial charge in [-0.3, -0.25) is 14.4 Å². The van der Waals surface area contributed by atoms with Gasteiger partial charge >= 0.3 is 0 Å². The number of hydrogen-bond acceptors (Lipinski definition) is 5. The predicted octanol–water partition coefficient (Wildman–Crippen LogP) is 2.89. The Hall–Kier alpha value is -2.06. The van der Waals surface area contributed by atoms with E-state index >= 15 is 0 Å². The maximum Gasteiger partial charge on any atom is 0.244 e. The van der Waals surface area contributed by atoms with Crippen LogP contribution in [0.5, 0.6) is 0 Å². The number of carbonyl (C=O) groups is 3. The number of nitrogens with zero attached hydrogens (tertiary/aromatic N) is 1. The van der Waals surface area contributed by atoms with Crippen LogP contribution in [-0.4, -0.2) is 63.5 Å². The van der Waals surface area contributed by atoms with Crippen LogP contribution in [0.1, 0.15) is 64.5 Å². The monoisotopic (exact) mass is 501 g/mol. The highest BCUT2D eigenvalue weighted by atomic mass is 32.2. The van der Waals surface area contributed by atoms with Crippen molar-refractivity contribution in [2.24, 2.45) is 17.8 Å². The van der Waals surface area contributed by atoms with Gasteiger partial charge in [0.05, 0.1) is 29.2 Å². The van der Waals surface area contributed by atoms with E-state index in [1.807, 2.05) is 37.3 Å². The molecule has 4 rings (SSSR count). The lowest BCUT2D eigenvalue weighted by atomic mass is 9.66. The van der Waals surface area contributed by atoms with Gasteiger partial charge in [0.1, 0.15) is 6.04 Å². The molecule has 3 heterocycles. The van der Waals surface area contributed by atoms with E-state index in [1.54, 1.807) is 16.7 Å². The zero-order valence-corrected chi connectivity index (χ0v) is 21.9. The minimum Gasteiger partial charge on any atom is -0.394 e. The lowest BCUT2D eigenvalue weighted by Gasteiger charge is -2.40. The fraction of sp³-hybridized carbons (Fsp3) is 0.667. The molecule has 7 atom stereocenters. The lowest BCUT2D eigenvalue weighted by Crippen LogP contribution is -2.57. The van der Waals surface area contributed by atoms with Crippen LogP contribution in [0.4, 0.5) is 0 Å². The van der Waals surface area contributed by atoms with Crippen molar-refractivity contribution >= 4 is 29.5 Å². The molecule has 3 aliphatic heterocycles. The van der Waals surface area contributed by atoms with Gasteiger partial charge in [-0.1, -0.05) is 63.9 Å². The van der Waals surface area contributed by atoms with Crippen molar-refractivity contribution in [1.29, 1.82) is 0 Å². The van der Waals surface area contributed by atoms with Gasteiger partial charge in [0, 0.05) is 18.3 Å². The van der Waals surface area contributed by atoms with Gasteiger partial charge in [0.15, 0.2) is 0 Å². The number of benzene rings is 1. The summed E-state index contributed by atoms with van der Waals surface area (Å²) in [4.78, 5) is 42.9. The quantitative estimate of drug-likeness (QED) is 0.405. The average molecular weight is 502 g/mol. The normalized spacial score (nSPS) is 31.9. The number of carbonyl (C=O) groups excluding carboxylic acids is 3. The third kappa shape index (κ3) is 4.37. The van der Waals surface area contributed by atoms with E-state index in [0.29, 0.717) is 13.1 Å². The first-order chi connectivity index (χ1) is 16.9. The first-order valence-electron chi connectivity index (χ1n) is 13.1. The second kappa shape index (κ2) is 10.9. The topological polar surface area (TPSA) is 98.7 Å². The molecule has 3 fully saturated rings. The third-order valence-electron chi connectivity index (χ3n) is 8.06. The molecule has 0 radical (unpaired) electrons. The van der Waals surface area contributed by atoms with Gasteiger partial charge in [0.25, 0.3) is 0 Å². The summed E-state index contributed by atoms with van der Waals surface area (Å²) in [5.41, 5.74) is 0.794. The van der Waals surface area contributed by atoms with Gasteiger partial charge < -0.3 is 20.6 Å². The summed E-state index contributed by atoms with van der Waals surface area (Å²) in [7, 11) is 0. The highest BCUT2D eigenvalue weighted by molar-refractivity contribution is 8.02. The molecule has 0 saturated carbocycles. The van der Waals surface area contributed by atoms with E-state index in [-0.39, 0.29) is 35.5 Å². The second-order valence-corrected chi connectivity index (χ2v) is 11.7. The summed E-state index contributed by atoms with van der Waals surface area (Å²) < 4.78 is -0.674. The first kappa shape index (κ1) is 26.0. The molecule has 7 nitrogen and oxygen atoms in total. The van der Waals surface area contributed by atoms with E-state index in [4.69, 9.17) is 0 Å². The summed E-state index contributed by atoms with van der Waals surface area (Å²) in [6.07, 6.45) is 4.60. The van der Waals surface area contributed by atoms with Crippen LogP contribution in [0.3, 0.4) is 0 Å². The molecular formula is C27H39N3O4S. The number of nitrogens with one attached hydrogen (secondary N) is 2. The SMILES string of the molecule is CCCCCNC(=O)C1N([C@H](CO)c2ccccc2)C(=O)[C@@H]2[C@@H](C(=O)NCCC)[C@H]3CC(C)C12S3. The van der Waals surface area contributed by atoms with E-state index in [2.05, 4.69) is 24.5 Å². The largest absolute Gasteiger partial charge is 0.394 e. The Morgan fingerprint density at radius 1 is 1.11 bits per heavy atom. The van der Waals surface area contributed by atoms with Crippen molar-refractivity contribution in [2.45, 2.75) is 75.0 Å². The van der Waals surface area contributed by atoms with E-state index in [1.165, 1.54) is 0 Å². The van der Waals surface area contributed by atoms with Crippen LogP contribution in [-0.2, 0) is 14.4 Å². The Labute approximate surface area is 212 Å². The third-order valence-corrected chi connectivity index (χ3v) is 10.1. The van der Waals surface area contributed by atoms with Gasteiger partial charge in [-0.2, -0.15) is 0 Å². The van der Waals surface area contributed by atoms with Gasteiger partial charge in [-0.15, -0.1) is 11.8 Å². The van der Waals surface area contributed by atoms with Gasteiger partial charge in [-0.25, -0.2) is 0 Å². The molecule has 2 bridgehead atoms. The average Bonchev–Trinajstić information content (AvgIpc) is 3.45. The van der Waals surface area contributed by atoms with Crippen LogP contribution in [0.15, 0.2) is 30.3 Å². The Morgan fingerprint density at radius 3 is 2.49 bits per heavy atom. The van der Waals surface area contributed by atoms with Crippen molar-refractivity contribution in [3.05, 3.63) is 35.9 Å². The Bertz CT molecular complexity index is 928. The summed E-state index contributed by atoms with van der Waals surface area (Å²) in [5.74, 6) is -1.34. The zero-order valence-electron chi connectivity index (χ0n) is 21.0. The van der Waals surface area contributed by atoms with Gasteiger partial charge in [-0.05, 0) is 30.7 Å². The minimum atomic E-state index is -0.729. The molecule has 0 aromatic heterocycles. The zero-order chi connectivity index (χ0) is 25.2. The Balaban J connectivity index is 1.74. The number of likely N-dealkylation sites (tertiary alicyclic amines) is 1. The van der Waals surface area contributed by atoms with E-state index < -0.39 is 28.7 Å². The molecule has 3 N–H and O–H groups in total. The van der Waals surface area contributed by atoms with Crippen molar-refractivity contribution in [3.8, 4) is 0 Å². The van der Waals surface area contributed by atoms with Crippen molar-refractivity contribution in [2.75, 3.05) is 19.7 Å². The highest BCUT2D eigenvalue weighted by Crippen LogP contribution is 2.69. The van der Waals surface area contributed by atoms with E-state index in [9.17, 15) is 19.5 Å². The molecule has 35 heavy (non-hydrogen) atoms. The lowest BCUT2D eigenvalue weighted by molar-refractivity contribution is -0.143. The van der Waals surface area contributed by atoms with Crippen molar-refractivity contribution < 1.29 is 19.5 Å². The molecule has 3 saturated heterocycles. The summed E-state index contributed by atoms with van der Waals surface area (Å²) in [5, 5.41) is 16.6. The van der Waals surface area contributed by atoms with Crippen molar-refractivity contribution in [1.82, 2.24) is 15.5 Å². The fourth-order valence-electron chi connectivity index (χ4n) is 6.47. The number of amides is 3. The van der Waals surface area contributed by atoms with Crippen LogP contribution < -0.4 is 10.6 Å². The molecule has 0 aliphatic carbocycles. The number of rotatable bonds is 11. The fourth-order valence-corrected chi connectivity index (χ4v) is 8.88. The number of aliphatic hydroxyl groups is 1. The predicted molar refractivity (Wildman–Crippen MR) is 138 cm³/mol. The maximum absolute atomic E-state index is 14.2. The molecule has 3 aliphatic rings. The number of aliphatic hydroxyl groups excluding tert-OH is 1. The standard InChI is InChI=1S/C27H39N3O4S/c1-4-6-10-14-29-25(33)23-27-17(3)15-20(35-27)21(24(32)28-13-5-2)22(27)26(34)30(23)19(16-31)18-11-8-7-9-12-18/h7-9,11-12,17,19-23,31H,4-6,10,13-16H2,1-3H3,(H,28,32)(H,29,33)/t17?,19-,20-,21+,22+,23?,27?/m1/s1. The molecular weight excluding hydrogens is 462 g/mol. The first-order valence-corrected chi connectivity index (χ1v) is 14.0. The van der Waals surface area contributed by atoms with Crippen molar-refractivity contribution in [3.63, 3.8) is 0 Å². The summed E-state index contributed by atoms with van der Waals surface area (Å²) >= 11 is 1.67.